The Morgan fingerprint density at radius 2 is 2.31 bits per heavy atom. The van der Waals surface area contributed by atoms with E-state index < -0.39 is 5.82 Å². The van der Waals surface area contributed by atoms with E-state index in [1.807, 2.05) is 0 Å². The molecule has 0 amide bonds. The second-order valence-corrected chi connectivity index (χ2v) is 2.66. The lowest BCUT2D eigenvalue weighted by Crippen LogP contribution is -2.14. The maximum Gasteiger partial charge on any atom is 0.255 e. The third-order valence-electron chi connectivity index (χ3n) is 1.19. The fourth-order valence-electron chi connectivity index (χ4n) is 0.727. The highest BCUT2D eigenvalue weighted by molar-refractivity contribution is 5.26. The summed E-state index contributed by atoms with van der Waals surface area (Å²) in [6.07, 6.45) is 0.856. The number of nitrogens with one attached hydrogen (secondary N) is 1. The molecule has 0 unspecified atom stereocenters. The van der Waals surface area contributed by atoms with Gasteiger partial charge >= 0.3 is 0 Å². The fraction of sp³-hybridized carbons (Fsp3) is 0.429. The van der Waals surface area contributed by atoms with Crippen molar-refractivity contribution in [1.29, 1.82) is 0 Å². The van der Waals surface area contributed by atoms with Crippen LogP contribution < -0.4 is 16.0 Å². The Balaban J connectivity index is 2.90. The van der Waals surface area contributed by atoms with Crippen molar-refractivity contribution in [2.45, 2.75) is 20.0 Å². The molecule has 0 atom stereocenters. The molecule has 6 heteroatoms. The number of anilines is 1. The zero-order valence-corrected chi connectivity index (χ0v) is 7.41. The van der Waals surface area contributed by atoms with Gasteiger partial charge in [-0.05, 0) is 13.8 Å². The minimum atomic E-state index is -0.604. The summed E-state index contributed by atoms with van der Waals surface area (Å²) in [5.41, 5.74) is 2.20. The molecule has 0 saturated heterocycles. The zero-order valence-electron chi connectivity index (χ0n) is 7.41. The van der Waals surface area contributed by atoms with Crippen molar-refractivity contribution in [2.24, 2.45) is 5.84 Å². The van der Waals surface area contributed by atoms with Gasteiger partial charge in [-0.25, -0.2) is 10.8 Å². The van der Waals surface area contributed by atoms with Gasteiger partial charge in [0.15, 0.2) is 0 Å². The third-order valence-corrected chi connectivity index (χ3v) is 1.19. The van der Waals surface area contributed by atoms with Crippen LogP contribution >= 0.6 is 0 Å². The number of hydrogen-bond acceptors (Lipinski definition) is 5. The number of nitrogen functional groups attached to an aromatic ring is 1. The van der Waals surface area contributed by atoms with Crippen molar-refractivity contribution in [3.8, 4) is 5.88 Å². The summed E-state index contributed by atoms with van der Waals surface area (Å²) in [5.74, 6) is 4.47. The maximum absolute atomic E-state index is 12.9. The van der Waals surface area contributed by atoms with Gasteiger partial charge in [-0.3, -0.25) is 5.43 Å². The summed E-state index contributed by atoms with van der Waals surface area (Å²) in [4.78, 5) is 7.25. The van der Waals surface area contributed by atoms with Crippen molar-refractivity contribution in [3.63, 3.8) is 0 Å². The molecular formula is C7H11FN4O. The predicted molar refractivity (Wildman–Crippen MR) is 45.6 cm³/mol. The van der Waals surface area contributed by atoms with Crippen LogP contribution in [0.25, 0.3) is 0 Å². The molecule has 72 valence electrons. The highest BCUT2D eigenvalue weighted by atomic mass is 19.1. The monoisotopic (exact) mass is 186 g/mol. The van der Waals surface area contributed by atoms with Crippen LogP contribution in [0.2, 0.25) is 0 Å². The van der Waals surface area contributed by atoms with Gasteiger partial charge < -0.3 is 4.74 Å². The molecule has 1 rings (SSSR count). The standard InChI is InChI=1S/C7H11FN4O/c1-4(2)13-6-5(8)3-10-7(11-6)12-9/h3-4H,9H2,1-2H3,(H,10,11,12). The molecule has 0 aliphatic heterocycles. The largest absolute Gasteiger partial charge is 0.473 e. The normalized spacial score (nSPS) is 10.2. The lowest BCUT2D eigenvalue weighted by atomic mass is 10.5. The summed E-state index contributed by atoms with van der Waals surface area (Å²) in [7, 11) is 0. The van der Waals surface area contributed by atoms with E-state index in [1.54, 1.807) is 13.8 Å². The first-order valence-electron chi connectivity index (χ1n) is 3.79. The van der Waals surface area contributed by atoms with Crippen LogP contribution in [0, 0.1) is 5.82 Å². The van der Waals surface area contributed by atoms with Gasteiger partial charge in [0.05, 0.1) is 12.3 Å². The highest BCUT2D eigenvalue weighted by Crippen LogP contribution is 2.15. The molecule has 0 bridgehead atoms. The minimum Gasteiger partial charge on any atom is -0.473 e. The van der Waals surface area contributed by atoms with Crippen LogP contribution in [0.3, 0.4) is 0 Å². The Morgan fingerprint density at radius 3 is 2.85 bits per heavy atom. The summed E-state index contributed by atoms with van der Waals surface area (Å²) < 4.78 is 18.0. The van der Waals surface area contributed by atoms with Gasteiger partial charge in [0.25, 0.3) is 5.88 Å². The lowest BCUT2D eigenvalue weighted by Gasteiger charge is -2.09. The Labute approximate surface area is 75.1 Å². The van der Waals surface area contributed by atoms with E-state index in [9.17, 15) is 4.39 Å². The molecule has 3 N–H and O–H groups in total. The fourth-order valence-corrected chi connectivity index (χ4v) is 0.727. The first-order chi connectivity index (χ1) is 6.13. The molecule has 0 fully saturated rings. The summed E-state index contributed by atoms with van der Waals surface area (Å²) >= 11 is 0. The van der Waals surface area contributed by atoms with Crippen LogP contribution in [0.4, 0.5) is 10.3 Å². The first-order valence-corrected chi connectivity index (χ1v) is 3.79. The number of halogens is 1. The second kappa shape index (κ2) is 3.99. The number of hydrazine groups is 1. The number of nitrogens with two attached hydrogens (primary N) is 1. The molecule has 0 aliphatic rings. The summed E-state index contributed by atoms with van der Waals surface area (Å²) in [6.45, 7) is 3.55. The van der Waals surface area contributed by atoms with E-state index in [0.717, 1.165) is 6.20 Å². The zero-order chi connectivity index (χ0) is 9.84. The van der Waals surface area contributed by atoms with Gasteiger partial charge in [-0.1, -0.05) is 0 Å². The topological polar surface area (TPSA) is 73.1 Å². The molecule has 13 heavy (non-hydrogen) atoms. The van der Waals surface area contributed by atoms with Crippen LogP contribution in [-0.4, -0.2) is 16.1 Å². The molecule has 0 radical (unpaired) electrons. The van der Waals surface area contributed by atoms with E-state index in [-0.39, 0.29) is 17.9 Å². The first kappa shape index (κ1) is 9.66. The van der Waals surface area contributed by atoms with Crippen molar-refractivity contribution in [1.82, 2.24) is 9.97 Å². The van der Waals surface area contributed by atoms with Gasteiger partial charge in [-0.15, -0.1) is 0 Å². The van der Waals surface area contributed by atoms with Crippen LogP contribution in [0.1, 0.15) is 13.8 Å². The molecule has 0 aliphatic carbocycles. The molecular weight excluding hydrogens is 175 g/mol. The van der Waals surface area contributed by atoms with Crippen molar-refractivity contribution in [3.05, 3.63) is 12.0 Å². The van der Waals surface area contributed by atoms with Crippen LogP contribution in [0.5, 0.6) is 5.88 Å². The number of nitrogens with zero attached hydrogens (tertiary/aromatic N) is 2. The predicted octanol–water partition coefficient (Wildman–Crippen LogP) is 0.688. The Hall–Kier alpha value is -1.43. The Morgan fingerprint density at radius 1 is 1.62 bits per heavy atom. The molecule has 1 aromatic heterocycles. The van der Waals surface area contributed by atoms with Crippen LogP contribution in [0.15, 0.2) is 6.20 Å². The maximum atomic E-state index is 12.9. The van der Waals surface area contributed by atoms with Crippen molar-refractivity contribution in [2.75, 3.05) is 5.43 Å². The van der Waals surface area contributed by atoms with Gasteiger partial charge in [-0.2, -0.15) is 9.37 Å². The molecule has 1 heterocycles. The summed E-state index contributed by atoms with van der Waals surface area (Å²) in [6, 6.07) is 0. The molecule has 0 spiro atoms. The lowest BCUT2D eigenvalue weighted by molar-refractivity contribution is 0.220. The van der Waals surface area contributed by atoms with E-state index in [0.29, 0.717) is 0 Å². The van der Waals surface area contributed by atoms with E-state index in [1.165, 1.54) is 0 Å². The second-order valence-electron chi connectivity index (χ2n) is 2.66. The Bertz CT molecular complexity index is 292. The number of aromatic nitrogens is 2. The van der Waals surface area contributed by atoms with Gasteiger partial charge in [0.1, 0.15) is 0 Å². The van der Waals surface area contributed by atoms with Crippen LogP contribution in [-0.2, 0) is 0 Å². The average molecular weight is 186 g/mol. The SMILES string of the molecule is CC(C)Oc1nc(NN)ncc1F. The van der Waals surface area contributed by atoms with E-state index in [2.05, 4.69) is 15.4 Å². The number of hydrogen-bond donors (Lipinski definition) is 2. The van der Waals surface area contributed by atoms with E-state index >= 15 is 0 Å². The molecule has 1 aromatic rings. The van der Waals surface area contributed by atoms with Crippen molar-refractivity contribution >= 4 is 5.95 Å². The molecule has 0 saturated carbocycles. The van der Waals surface area contributed by atoms with Gasteiger partial charge in [0, 0.05) is 0 Å². The molecule has 5 nitrogen and oxygen atoms in total. The molecule has 0 aromatic carbocycles. The Kier molecular flexibility index (Phi) is 2.97. The van der Waals surface area contributed by atoms with Gasteiger partial charge in [0.2, 0.25) is 11.8 Å². The smallest absolute Gasteiger partial charge is 0.255 e. The number of ether oxygens (including phenoxy) is 1. The average Bonchev–Trinajstić information content (AvgIpc) is 2.08. The summed E-state index contributed by atoms with van der Waals surface area (Å²) in [5, 5.41) is 0. The van der Waals surface area contributed by atoms with E-state index in [4.69, 9.17) is 10.6 Å². The highest BCUT2D eigenvalue weighted by Gasteiger charge is 2.08. The number of rotatable bonds is 3. The van der Waals surface area contributed by atoms with Crippen molar-refractivity contribution < 1.29 is 9.13 Å². The third kappa shape index (κ3) is 2.51. The quantitative estimate of drug-likeness (QED) is 0.536. The minimum absolute atomic E-state index is 0.0991.